The number of halogens is 1. The summed E-state index contributed by atoms with van der Waals surface area (Å²) >= 11 is 3.43. The number of hydrogen-bond acceptors (Lipinski definition) is 0. The van der Waals surface area contributed by atoms with E-state index < -0.39 is 0 Å². The molecule has 0 nitrogen and oxygen atoms in total. The van der Waals surface area contributed by atoms with Gasteiger partial charge in [0, 0.05) is 4.48 Å². The maximum atomic E-state index is 3.43. The van der Waals surface area contributed by atoms with Crippen LogP contribution < -0.4 is 0 Å². The van der Waals surface area contributed by atoms with Gasteiger partial charge in [-0.2, -0.15) is 0 Å². The summed E-state index contributed by atoms with van der Waals surface area (Å²) in [6, 6.07) is 0. The summed E-state index contributed by atoms with van der Waals surface area (Å²) in [4.78, 5) is 0. The van der Waals surface area contributed by atoms with E-state index in [2.05, 4.69) is 41.1 Å². The van der Waals surface area contributed by atoms with Crippen LogP contribution in [0.3, 0.4) is 0 Å². The molecule has 0 spiro atoms. The smallest absolute Gasteiger partial charge is 0.0129 e. The van der Waals surface area contributed by atoms with Crippen LogP contribution in [0.2, 0.25) is 0 Å². The molecule has 0 aromatic rings. The number of allylic oxidation sites excluding steroid dienone is 4. The highest BCUT2D eigenvalue weighted by Crippen LogP contribution is 2.08. The van der Waals surface area contributed by atoms with Crippen molar-refractivity contribution in [3.05, 3.63) is 22.7 Å². The van der Waals surface area contributed by atoms with Crippen LogP contribution in [0.5, 0.6) is 0 Å². The second kappa shape index (κ2) is 9.05. The molecule has 0 N–H and O–H groups in total. The van der Waals surface area contributed by atoms with Crippen LogP contribution >= 0.6 is 15.9 Å². The molecular formula is C11H19Br. The van der Waals surface area contributed by atoms with E-state index in [4.69, 9.17) is 0 Å². The van der Waals surface area contributed by atoms with Gasteiger partial charge in [0.25, 0.3) is 0 Å². The Bertz CT molecular complexity index is 145. The molecule has 0 aromatic carbocycles. The average molecular weight is 231 g/mol. The molecule has 0 saturated carbocycles. The molecule has 0 aliphatic rings. The summed E-state index contributed by atoms with van der Waals surface area (Å²) in [5.41, 5.74) is 0. The highest BCUT2D eigenvalue weighted by molar-refractivity contribution is 9.11. The number of unbranched alkanes of at least 4 members (excludes halogenated alkanes) is 4. The Morgan fingerprint density at radius 2 is 2.00 bits per heavy atom. The average Bonchev–Trinajstić information content (AvgIpc) is 2.10. The first-order chi connectivity index (χ1) is 5.81. The van der Waals surface area contributed by atoms with Crippen LogP contribution in [0.1, 0.15) is 46.0 Å². The molecule has 0 atom stereocenters. The lowest BCUT2D eigenvalue weighted by Gasteiger charge is -1.93. The molecule has 0 aromatic heterocycles. The Morgan fingerprint density at radius 1 is 1.25 bits per heavy atom. The van der Waals surface area contributed by atoms with E-state index in [0.29, 0.717) is 0 Å². The van der Waals surface area contributed by atoms with Crippen LogP contribution in [0.15, 0.2) is 22.7 Å². The predicted octanol–water partition coefficient (Wildman–Crippen LogP) is 4.81. The summed E-state index contributed by atoms with van der Waals surface area (Å²) in [5, 5.41) is 0. The zero-order valence-corrected chi connectivity index (χ0v) is 9.73. The molecule has 1 heteroatoms. The molecule has 0 aliphatic heterocycles. The van der Waals surface area contributed by atoms with Gasteiger partial charge >= 0.3 is 0 Å². The largest absolute Gasteiger partial charge is 0.0834 e. The first-order valence-corrected chi connectivity index (χ1v) is 5.59. The molecule has 0 aliphatic carbocycles. The van der Waals surface area contributed by atoms with Crippen molar-refractivity contribution in [2.45, 2.75) is 46.0 Å². The van der Waals surface area contributed by atoms with Gasteiger partial charge in [0.2, 0.25) is 0 Å². The maximum Gasteiger partial charge on any atom is 0.0129 e. The Labute approximate surface area is 84.9 Å². The van der Waals surface area contributed by atoms with Crippen LogP contribution in [0.4, 0.5) is 0 Å². The van der Waals surface area contributed by atoms with Gasteiger partial charge in [-0.15, -0.1) is 0 Å². The minimum atomic E-state index is 1.18. The molecule has 0 unspecified atom stereocenters. The summed E-state index contributed by atoms with van der Waals surface area (Å²) < 4.78 is 1.18. The highest BCUT2D eigenvalue weighted by Gasteiger charge is 1.84. The lowest BCUT2D eigenvalue weighted by Crippen LogP contribution is -1.73. The van der Waals surface area contributed by atoms with E-state index in [0.717, 1.165) is 0 Å². The van der Waals surface area contributed by atoms with Crippen LogP contribution in [-0.4, -0.2) is 0 Å². The molecule has 70 valence electrons. The quantitative estimate of drug-likeness (QED) is 0.454. The predicted molar refractivity (Wildman–Crippen MR) is 60.6 cm³/mol. The van der Waals surface area contributed by atoms with Crippen molar-refractivity contribution in [2.24, 2.45) is 0 Å². The van der Waals surface area contributed by atoms with E-state index >= 15 is 0 Å². The summed E-state index contributed by atoms with van der Waals surface area (Å²) in [6.45, 7) is 4.28. The fourth-order valence-corrected chi connectivity index (χ4v) is 1.17. The SMILES string of the molecule is C/C=C(Br)\C=C/CCCCCC. The molecule has 0 heterocycles. The van der Waals surface area contributed by atoms with E-state index in [1.54, 1.807) is 0 Å². The minimum absolute atomic E-state index is 1.18. The number of rotatable bonds is 6. The third kappa shape index (κ3) is 8.06. The minimum Gasteiger partial charge on any atom is -0.0834 e. The van der Waals surface area contributed by atoms with E-state index in [9.17, 15) is 0 Å². The molecular weight excluding hydrogens is 212 g/mol. The van der Waals surface area contributed by atoms with Crippen molar-refractivity contribution < 1.29 is 0 Å². The van der Waals surface area contributed by atoms with Crippen molar-refractivity contribution >= 4 is 15.9 Å². The van der Waals surface area contributed by atoms with Crippen molar-refractivity contribution in [3.8, 4) is 0 Å². The normalized spacial score (nSPS) is 12.8. The highest BCUT2D eigenvalue weighted by atomic mass is 79.9. The fraction of sp³-hybridized carbons (Fsp3) is 0.636. The van der Waals surface area contributed by atoms with Crippen molar-refractivity contribution in [2.75, 3.05) is 0 Å². The lowest BCUT2D eigenvalue weighted by atomic mass is 10.1. The topological polar surface area (TPSA) is 0 Å². The summed E-state index contributed by atoms with van der Waals surface area (Å²) in [6.07, 6.45) is 13.0. The third-order valence-corrected chi connectivity index (χ3v) is 2.50. The molecule has 0 fully saturated rings. The molecule has 0 amide bonds. The van der Waals surface area contributed by atoms with Gasteiger partial charge in [0.05, 0.1) is 0 Å². The maximum absolute atomic E-state index is 3.43. The monoisotopic (exact) mass is 230 g/mol. The van der Waals surface area contributed by atoms with Gasteiger partial charge in [-0.25, -0.2) is 0 Å². The van der Waals surface area contributed by atoms with Gasteiger partial charge in [0.15, 0.2) is 0 Å². The summed E-state index contributed by atoms with van der Waals surface area (Å²) in [7, 11) is 0. The van der Waals surface area contributed by atoms with Gasteiger partial charge in [0.1, 0.15) is 0 Å². The van der Waals surface area contributed by atoms with Crippen molar-refractivity contribution in [1.29, 1.82) is 0 Å². The van der Waals surface area contributed by atoms with Crippen molar-refractivity contribution in [3.63, 3.8) is 0 Å². The Kier molecular flexibility index (Phi) is 9.02. The van der Waals surface area contributed by atoms with E-state index in [1.807, 2.05) is 6.92 Å². The third-order valence-electron chi connectivity index (χ3n) is 1.78. The van der Waals surface area contributed by atoms with Crippen molar-refractivity contribution in [1.82, 2.24) is 0 Å². The van der Waals surface area contributed by atoms with Crippen LogP contribution in [-0.2, 0) is 0 Å². The van der Waals surface area contributed by atoms with Gasteiger partial charge in [-0.05, 0) is 19.8 Å². The molecule has 0 rings (SSSR count). The first kappa shape index (κ1) is 12.0. The fourth-order valence-electron chi connectivity index (χ4n) is 0.981. The van der Waals surface area contributed by atoms with Gasteiger partial charge in [-0.3, -0.25) is 0 Å². The van der Waals surface area contributed by atoms with Gasteiger partial charge in [-0.1, -0.05) is 60.3 Å². The second-order valence-electron chi connectivity index (χ2n) is 2.93. The standard InChI is InChI=1S/C11H19Br/c1-3-5-6-7-8-9-10-11(12)4-2/h4,9-10H,3,5-8H2,1-2H3/b10-9-,11-4+. The Hall–Kier alpha value is -0.0400. The summed E-state index contributed by atoms with van der Waals surface area (Å²) in [5.74, 6) is 0. The first-order valence-electron chi connectivity index (χ1n) is 4.79. The van der Waals surface area contributed by atoms with E-state index in [-0.39, 0.29) is 0 Å². The molecule has 12 heavy (non-hydrogen) atoms. The van der Waals surface area contributed by atoms with Gasteiger partial charge < -0.3 is 0 Å². The molecule has 0 saturated heterocycles. The zero-order chi connectivity index (χ0) is 9.23. The lowest BCUT2D eigenvalue weighted by molar-refractivity contribution is 0.674. The Morgan fingerprint density at radius 3 is 2.58 bits per heavy atom. The number of hydrogen-bond donors (Lipinski definition) is 0. The van der Waals surface area contributed by atoms with Crippen LogP contribution in [0, 0.1) is 0 Å². The van der Waals surface area contributed by atoms with E-state index in [1.165, 1.54) is 36.6 Å². The zero-order valence-electron chi connectivity index (χ0n) is 8.15. The second-order valence-corrected chi connectivity index (χ2v) is 3.84. The molecule has 0 bridgehead atoms. The Balaban J connectivity index is 3.25. The molecule has 0 radical (unpaired) electrons. The van der Waals surface area contributed by atoms with Crippen LogP contribution in [0.25, 0.3) is 0 Å².